The van der Waals surface area contributed by atoms with Gasteiger partial charge in [0, 0.05) is 25.9 Å². The van der Waals surface area contributed by atoms with Crippen LogP contribution in [-0.2, 0) is 6.54 Å². The maximum Gasteiger partial charge on any atom is 0.0764 e. The van der Waals surface area contributed by atoms with Crippen LogP contribution in [0.1, 0.15) is 56.7 Å². The summed E-state index contributed by atoms with van der Waals surface area (Å²) in [5.41, 5.74) is 1.21. The van der Waals surface area contributed by atoms with Crippen molar-refractivity contribution in [2.75, 3.05) is 19.7 Å². The smallest absolute Gasteiger partial charge is 0.0764 e. The number of hydrogen-bond donors (Lipinski definition) is 1. The van der Waals surface area contributed by atoms with E-state index in [0.717, 1.165) is 19.5 Å². The molecule has 1 unspecified atom stereocenters. The molecule has 1 atom stereocenters. The molecule has 2 fully saturated rings. The minimum atomic E-state index is 0.328. The molecule has 3 rings (SSSR count). The second-order valence-corrected chi connectivity index (χ2v) is 6.48. The normalized spacial score (nSPS) is 25.4. The third-order valence-electron chi connectivity index (χ3n) is 4.89. The zero-order valence-electron chi connectivity index (χ0n) is 12.4. The molecule has 1 N–H and O–H groups in total. The Kier molecular flexibility index (Phi) is 4.73. The van der Waals surface area contributed by atoms with Crippen LogP contribution in [-0.4, -0.2) is 39.5 Å². The Hall–Kier alpha value is -0.870. The van der Waals surface area contributed by atoms with Gasteiger partial charge in [-0.15, -0.1) is 0 Å². The van der Waals surface area contributed by atoms with Gasteiger partial charge in [0.25, 0.3) is 0 Å². The zero-order chi connectivity index (χ0) is 13.8. The Morgan fingerprint density at radius 3 is 2.85 bits per heavy atom. The number of rotatable bonds is 5. The maximum atomic E-state index is 9.08. The first-order valence-corrected chi connectivity index (χ1v) is 8.22. The van der Waals surface area contributed by atoms with Gasteiger partial charge in [-0.3, -0.25) is 9.58 Å². The summed E-state index contributed by atoms with van der Waals surface area (Å²) in [6.45, 7) is 3.60. The van der Waals surface area contributed by atoms with Crippen LogP contribution in [0.25, 0.3) is 0 Å². The molecule has 0 bridgehead atoms. The fourth-order valence-electron chi connectivity index (χ4n) is 3.78. The average molecular weight is 277 g/mol. The molecule has 0 spiro atoms. The van der Waals surface area contributed by atoms with Crippen LogP contribution in [0.4, 0.5) is 0 Å². The second-order valence-electron chi connectivity index (χ2n) is 6.48. The van der Waals surface area contributed by atoms with Crippen molar-refractivity contribution in [2.24, 2.45) is 5.92 Å². The molecular weight excluding hydrogens is 250 g/mol. The minimum Gasteiger partial charge on any atom is -0.396 e. The van der Waals surface area contributed by atoms with Gasteiger partial charge >= 0.3 is 0 Å². The van der Waals surface area contributed by atoms with Gasteiger partial charge in [0.15, 0.2) is 0 Å². The van der Waals surface area contributed by atoms with E-state index in [1.165, 1.54) is 50.8 Å². The van der Waals surface area contributed by atoms with E-state index in [-0.39, 0.29) is 0 Å². The van der Waals surface area contributed by atoms with Crippen molar-refractivity contribution in [2.45, 2.75) is 57.5 Å². The molecule has 2 heterocycles. The van der Waals surface area contributed by atoms with Gasteiger partial charge in [0.2, 0.25) is 0 Å². The molecule has 20 heavy (non-hydrogen) atoms. The molecule has 1 saturated carbocycles. The predicted octanol–water partition coefficient (Wildman–Crippen LogP) is 2.59. The summed E-state index contributed by atoms with van der Waals surface area (Å²) in [6, 6.07) is 2.83. The lowest BCUT2D eigenvalue weighted by Gasteiger charge is -2.31. The van der Waals surface area contributed by atoms with Crippen LogP contribution in [0.2, 0.25) is 0 Å². The Bertz CT molecular complexity index is 410. The van der Waals surface area contributed by atoms with Crippen molar-refractivity contribution in [3.05, 3.63) is 18.0 Å². The highest BCUT2D eigenvalue weighted by molar-refractivity contribution is 5.00. The van der Waals surface area contributed by atoms with Gasteiger partial charge in [0.05, 0.1) is 11.7 Å². The third-order valence-corrected chi connectivity index (χ3v) is 4.89. The van der Waals surface area contributed by atoms with Crippen LogP contribution in [0.15, 0.2) is 12.3 Å². The summed E-state index contributed by atoms with van der Waals surface area (Å²) in [7, 11) is 0. The van der Waals surface area contributed by atoms with Gasteiger partial charge in [-0.1, -0.05) is 12.8 Å². The molecule has 2 aliphatic rings. The van der Waals surface area contributed by atoms with Gasteiger partial charge in [0.1, 0.15) is 0 Å². The van der Waals surface area contributed by atoms with E-state index < -0.39 is 0 Å². The molecule has 0 aromatic carbocycles. The van der Waals surface area contributed by atoms with Crippen LogP contribution in [0.3, 0.4) is 0 Å². The lowest BCUT2D eigenvalue weighted by Crippen LogP contribution is -2.35. The maximum absolute atomic E-state index is 9.08. The molecule has 1 aliphatic carbocycles. The van der Waals surface area contributed by atoms with Crippen LogP contribution >= 0.6 is 0 Å². The lowest BCUT2D eigenvalue weighted by molar-refractivity contribution is 0.141. The van der Waals surface area contributed by atoms with E-state index in [1.54, 1.807) is 0 Å². The SMILES string of the molecule is OCCC1CCCN(Cc2ccn(C3CCCC3)n2)C1. The average Bonchev–Trinajstić information content (AvgIpc) is 3.10. The van der Waals surface area contributed by atoms with Gasteiger partial charge in [-0.05, 0) is 50.6 Å². The Morgan fingerprint density at radius 2 is 2.05 bits per heavy atom. The fourth-order valence-corrected chi connectivity index (χ4v) is 3.78. The molecule has 4 heteroatoms. The van der Waals surface area contributed by atoms with Crippen LogP contribution < -0.4 is 0 Å². The molecule has 1 aliphatic heterocycles. The Labute approximate surface area is 121 Å². The topological polar surface area (TPSA) is 41.3 Å². The number of aromatic nitrogens is 2. The summed E-state index contributed by atoms with van der Waals surface area (Å²) in [4.78, 5) is 2.51. The number of aliphatic hydroxyl groups excluding tert-OH is 1. The number of piperidine rings is 1. The molecule has 4 nitrogen and oxygen atoms in total. The van der Waals surface area contributed by atoms with E-state index in [4.69, 9.17) is 10.2 Å². The molecule has 1 saturated heterocycles. The van der Waals surface area contributed by atoms with E-state index in [9.17, 15) is 0 Å². The number of aliphatic hydroxyl groups is 1. The monoisotopic (exact) mass is 277 g/mol. The molecule has 112 valence electrons. The van der Waals surface area contributed by atoms with Gasteiger partial charge < -0.3 is 5.11 Å². The zero-order valence-corrected chi connectivity index (χ0v) is 12.4. The highest BCUT2D eigenvalue weighted by Crippen LogP contribution is 2.29. The van der Waals surface area contributed by atoms with E-state index in [2.05, 4.69) is 21.8 Å². The predicted molar refractivity (Wildman–Crippen MR) is 79.4 cm³/mol. The summed E-state index contributed by atoms with van der Waals surface area (Å²) in [6.07, 6.45) is 10.9. The second kappa shape index (κ2) is 6.72. The third kappa shape index (κ3) is 3.41. The standard InChI is InChI=1S/C16H27N3O/c20-11-8-14-4-3-9-18(12-14)13-15-7-10-19(17-15)16-5-1-2-6-16/h7,10,14,16,20H,1-6,8-9,11-13H2. The molecule has 1 aromatic rings. The summed E-state index contributed by atoms with van der Waals surface area (Å²) >= 11 is 0. The molecule has 1 aromatic heterocycles. The fraction of sp³-hybridized carbons (Fsp3) is 0.812. The van der Waals surface area contributed by atoms with Crippen molar-refractivity contribution >= 4 is 0 Å². The van der Waals surface area contributed by atoms with E-state index >= 15 is 0 Å². The quantitative estimate of drug-likeness (QED) is 0.899. The highest BCUT2D eigenvalue weighted by Gasteiger charge is 2.21. The summed E-state index contributed by atoms with van der Waals surface area (Å²) < 4.78 is 2.19. The number of likely N-dealkylation sites (tertiary alicyclic amines) is 1. The van der Waals surface area contributed by atoms with Crippen molar-refractivity contribution in [3.63, 3.8) is 0 Å². The first-order valence-electron chi connectivity index (χ1n) is 8.22. The highest BCUT2D eigenvalue weighted by atomic mass is 16.3. The summed E-state index contributed by atoms with van der Waals surface area (Å²) in [5.74, 6) is 0.672. The number of nitrogens with zero attached hydrogens (tertiary/aromatic N) is 3. The molecular formula is C16H27N3O. The largest absolute Gasteiger partial charge is 0.396 e. The van der Waals surface area contributed by atoms with Crippen LogP contribution in [0, 0.1) is 5.92 Å². The van der Waals surface area contributed by atoms with Gasteiger partial charge in [-0.2, -0.15) is 5.10 Å². The summed E-state index contributed by atoms with van der Waals surface area (Å²) in [5, 5.41) is 13.9. The molecule has 0 amide bonds. The van der Waals surface area contributed by atoms with E-state index in [0.29, 0.717) is 18.6 Å². The number of hydrogen-bond acceptors (Lipinski definition) is 3. The van der Waals surface area contributed by atoms with Crippen LogP contribution in [0.5, 0.6) is 0 Å². The van der Waals surface area contributed by atoms with Crippen molar-refractivity contribution in [1.29, 1.82) is 0 Å². The molecule has 0 radical (unpaired) electrons. The Morgan fingerprint density at radius 1 is 1.20 bits per heavy atom. The van der Waals surface area contributed by atoms with Crippen molar-refractivity contribution in [3.8, 4) is 0 Å². The lowest BCUT2D eigenvalue weighted by atomic mass is 9.95. The van der Waals surface area contributed by atoms with Crippen molar-refractivity contribution < 1.29 is 5.11 Å². The van der Waals surface area contributed by atoms with Gasteiger partial charge in [-0.25, -0.2) is 0 Å². The van der Waals surface area contributed by atoms with Crippen molar-refractivity contribution in [1.82, 2.24) is 14.7 Å². The minimum absolute atomic E-state index is 0.328. The van der Waals surface area contributed by atoms with E-state index in [1.807, 2.05) is 0 Å². The first kappa shape index (κ1) is 14.1. The first-order chi connectivity index (χ1) is 9.85. The Balaban J connectivity index is 1.54.